The number of amides is 1. The highest BCUT2D eigenvalue weighted by Crippen LogP contribution is 2.20. The van der Waals surface area contributed by atoms with Crippen LogP contribution in [0.15, 0.2) is 67.4 Å². The molecule has 1 amide bonds. The molecule has 0 bridgehead atoms. The Hall–Kier alpha value is -3.22. The van der Waals surface area contributed by atoms with Crippen molar-refractivity contribution in [2.75, 3.05) is 36.5 Å². The average Bonchev–Trinajstić information content (AvgIpc) is 2.85. The maximum absolute atomic E-state index is 11.5. The smallest absolute Gasteiger partial charge is 0.247 e. The van der Waals surface area contributed by atoms with E-state index in [9.17, 15) is 4.79 Å². The van der Waals surface area contributed by atoms with E-state index in [1.54, 1.807) is 6.20 Å². The number of hydrogen-bond acceptors (Lipinski definition) is 5. The van der Waals surface area contributed by atoms with Gasteiger partial charge in [-0.1, -0.05) is 42.4 Å². The van der Waals surface area contributed by atoms with E-state index in [0.717, 1.165) is 61.1 Å². The van der Waals surface area contributed by atoms with Crippen LogP contribution in [0.1, 0.15) is 22.6 Å². The standard InChI is InChI=1S/C26H27ClN4O2/c1-2-26(32)29-21-5-3-4-19(16-21)8-11-24-23(27)18-28-25(30-24)17-20-6-9-22(10-7-20)31-12-14-33-15-13-31/h2-7,9-10,16,18H,1,8,11-15,17H2,(H,29,32). The summed E-state index contributed by atoms with van der Waals surface area (Å²) in [6, 6.07) is 16.3. The molecule has 1 N–H and O–H groups in total. The second-order valence-corrected chi connectivity index (χ2v) is 8.32. The SMILES string of the molecule is C=CC(=O)Nc1cccc(CCc2nc(Cc3ccc(N4CCOCC4)cc3)ncc2Cl)c1. The topological polar surface area (TPSA) is 67.4 Å². The molecule has 33 heavy (non-hydrogen) atoms. The molecule has 0 saturated carbocycles. The number of ether oxygens (including phenoxy) is 1. The first-order valence-corrected chi connectivity index (χ1v) is 11.4. The van der Waals surface area contributed by atoms with Crippen LogP contribution in [-0.2, 0) is 28.8 Å². The highest BCUT2D eigenvalue weighted by molar-refractivity contribution is 6.31. The maximum atomic E-state index is 11.5. The number of nitrogens with zero attached hydrogens (tertiary/aromatic N) is 3. The number of hydrogen-bond donors (Lipinski definition) is 1. The lowest BCUT2D eigenvalue weighted by Crippen LogP contribution is -2.36. The first-order chi connectivity index (χ1) is 16.1. The van der Waals surface area contributed by atoms with Crippen molar-refractivity contribution in [2.45, 2.75) is 19.3 Å². The minimum absolute atomic E-state index is 0.228. The number of benzene rings is 2. The summed E-state index contributed by atoms with van der Waals surface area (Å²) in [7, 11) is 0. The second kappa shape index (κ2) is 11.1. The molecule has 2 aromatic carbocycles. The summed E-state index contributed by atoms with van der Waals surface area (Å²) in [5.74, 6) is 0.522. The van der Waals surface area contributed by atoms with Crippen molar-refractivity contribution in [3.05, 3.63) is 95.1 Å². The number of aromatic nitrogens is 2. The normalized spacial score (nSPS) is 13.5. The van der Waals surface area contributed by atoms with Crippen LogP contribution in [0.4, 0.5) is 11.4 Å². The van der Waals surface area contributed by atoms with E-state index in [0.29, 0.717) is 17.9 Å². The Morgan fingerprint density at radius 2 is 1.91 bits per heavy atom. The molecule has 3 aromatic rings. The molecular formula is C26H27ClN4O2. The van der Waals surface area contributed by atoms with Gasteiger partial charge in [-0.3, -0.25) is 4.79 Å². The van der Waals surface area contributed by atoms with Crippen molar-refractivity contribution in [1.29, 1.82) is 0 Å². The van der Waals surface area contributed by atoms with Crippen LogP contribution >= 0.6 is 11.6 Å². The van der Waals surface area contributed by atoms with Crippen LogP contribution in [-0.4, -0.2) is 42.2 Å². The third kappa shape index (κ3) is 6.40. The van der Waals surface area contributed by atoms with Gasteiger partial charge in [0.1, 0.15) is 5.82 Å². The Kier molecular flexibility index (Phi) is 7.70. The predicted octanol–water partition coefficient (Wildman–Crippen LogP) is 4.47. The molecule has 6 nitrogen and oxygen atoms in total. The first kappa shape index (κ1) is 23.0. The van der Waals surface area contributed by atoms with Gasteiger partial charge in [0.25, 0.3) is 0 Å². The quantitative estimate of drug-likeness (QED) is 0.500. The minimum atomic E-state index is -0.228. The van der Waals surface area contributed by atoms with E-state index < -0.39 is 0 Å². The third-order valence-corrected chi connectivity index (χ3v) is 5.89. The summed E-state index contributed by atoms with van der Waals surface area (Å²) in [6.45, 7) is 6.88. The second-order valence-electron chi connectivity index (χ2n) is 7.92. The number of aryl methyl sites for hydroxylation is 2. The third-order valence-electron chi connectivity index (χ3n) is 5.57. The average molecular weight is 463 g/mol. The zero-order valence-electron chi connectivity index (χ0n) is 18.5. The Morgan fingerprint density at radius 1 is 1.12 bits per heavy atom. The summed E-state index contributed by atoms with van der Waals surface area (Å²) in [5.41, 5.74) is 5.03. The van der Waals surface area contributed by atoms with E-state index in [2.05, 4.69) is 46.0 Å². The molecule has 0 unspecified atom stereocenters. The number of anilines is 2. The van der Waals surface area contributed by atoms with Crippen molar-refractivity contribution in [1.82, 2.24) is 9.97 Å². The highest BCUT2D eigenvalue weighted by atomic mass is 35.5. The molecular weight excluding hydrogens is 436 g/mol. The Bertz CT molecular complexity index is 1110. The maximum Gasteiger partial charge on any atom is 0.247 e. The number of nitrogens with one attached hydrogen (secondary N) is 1. The van der Waals surface area contributed by atoms with Crippen molar-refractivity contribution in [3.8, 4) is 0 Å². The zero-order valence-corrected chi connectivity index (χ0v) is 19.2. The highest BCUT2D eigenvalue weighted by Gasteiger charge is 2.12. The van der Waals surface area contributed by atoms with Crippen molar-refractivity contribution >= 4 is 28.9 Å². The Morgan fingerprint density at radius 3 is 2.67 bits per heavy atom. The largest absolute Gasteiger partial charge is 0.378 e. The number of rotatable bonds is 8. The van der Waals surface area contributed by atoms with Gasteiger partial charge in [-0.2, -0.15) is 0 Å². The molecule has 1 fully saturated rings. The molecule has 7 heteroatoms. The van der Waals surface area contributed by atoms with Crippen LogP contribution in [0.3, 0.4) is 0 Å². The van der Waals surface area contributed by atoms with Gasteiger partial charge in [0.15, 0.2) is 0 Å². The molecule has 0 atom stereocenters. The monoisotopic (exact) mass is 462 g/mol. The molecule has 1 aliphatic rings. The van der Waals surface area contributed by atoms with E-state index >= 15 is 0 Å². The minimum Gasteiger partial charge on any atom is -0.378 e. The molecule has 1 aromatic heterocycles. The molecule has 170 valence electrons. The van der Waals surface area contributed by atoms with Crippen LogP contribution in [0.2, 0.25) is 5.02 Å². The fourth-order valence-corrected chi connectivity index (χ4v) is 3.98. The van der Waals surface area contributed by atoms with Crippen LogP contribution < -0.4 is 10.2 Å². The fourth-order valence-electron chi connectivity index (χ4n) is 3.79. The lowest BCUT2D eigenvalue weighted by Gasteiger charge is -2.28. The summed E-state index contributed by atoms with van der Waals surface area (Å²) >= 11 is 6.38. The molecule has 0 aliphatic carbocycles. The van der Waals surface area contributed by atoms with Gasteiger partial charge < -0.3 is 15.0 Å². The van der Waals surface area contributed by atoms with Crippen LogP contribution in [0, 0.1) is 0 Å². The van der Waals surface area contributed by atoms with Gasteiger partial charge in [0.2, 0.25) is 5.91 Å². The van der Waals surface area contributed by atoms with Crippen molar-refractivity contribution in [2.24, 2.45) is 0 Å². The number of carbonyl (C=O) groups is 1. The predicted molar refractivity (Wildman–Crippen MR) is 132 cm³/mol. The Balaban J connectivity index is 1.39. The lowest BCUT2D eigenvalue weighted by atomic mass is 10.1. The molecule has 0 spiro atoms. The Labute approximate surface area is 199 Å². The summed E-state index contributed by atoms with van der Waals surface area (Å²) in [5, 5.41) is 3.35. The summed E-state index contributed by atoms with van der Waals surface area (Å²) in [4.78, 5) is 23.0. The van der Waals surface area contributed by atoms with E-state index in [1.807, 2.05) is 24.3 Å². The molecule has 0 radical (unpaired) electrons. The summed E-state index contributed by atoms with van der Waals surface area (Å²) in [6.07, 6.45) is 5.02. The summed E-state index contributed by atoms with van der Waals surface area (Å²) < 4.78 is 5.43. The van der Waals surface area contributed by atoms with Gasteiger partial charge in [0.05, 0.1) is 23.9 Å². The van der Waals surface area contributed by atoms with Gasteiger partial charge in [-0.15, -0.1) is 0 Å². The van der Waals surface area contributed by atoms with E-state index in [4.69, 9.17) is 21.3 Å². The first-order valence-electron chi connectivity index (χ1n) is 11.0. The van der Waals surface area contributed by atoms with Crippen molar-refractivity contribution in [3.63, 3.8) is 0 Å². The molecule has 2 heterocycles. The van der Waals surface area contributed by atoms with Gasteiger partial charge >= 0.3 is 0 Å². The van der Waals surface area contributed by atoms with Crippen LogP contribution in [0.25, 0.3) is 0 Å². The van der Waals surface area contributed by atoms with E-state index in [-0.39, 0.29) is 5.91 Å². The number of carbonyl (C=O) groups excluding carboxylic acids is 1. The number of morpholine rings is 1. The molecule has 1 saturated heterocycles. The lowest BCUT2D eigenvalue weighted by molar-refractivity contribution is -0.111. The molecule has 4 rings (SSSR count). The van der Waals surface area contributed by atoms with Crippen LogP contribution in [0.5, 0.6) is 0 Å². The van der Waals surface area contributed by atoms with E-state index in [1.165, 1.54) is 11.8 Å². The zero-order chi connectivity index (χ0) is 23.0. The van der Waals surface area contributed by atoms with Gasteiger partial charge in [-0.05, 0) is 54.3 Å². The van der Waals surface area contributed by atoms with Gasteiger partial charge in [-0.25, -0.2) is 9.97 Å². The fraction of sp³-hybridized carbons (Fsp3) is 0.269. The number of halogens is 1. The van der Waals surface area contributed by atoms with Crippen molar-refractivity contribution < 1.29 is 9.53 Å². The molecule has 1 aliphatic heterocycles. The van der Waals surface area contributed by atoms with Gasteiger partial charge in [0, 0.05) is 37.1 Å².